The molecule has 5 heteroatoms. The highest BCUT2D eigenvalue weighted by atomic mass is 16.4. The Hall–Kier alpha value is -2.14. The summed E-state index contributed by atoms with van der Waals surface area (Å²) in [5.74, 6) is -1.04. The van der Waals surface area contributed by atoms with Gasteiger partial charge in [0.1, 0.15) is 6.04 Å². The van der Waals surface area contributed by atoms with Gasteiger partial charge in [-0.15, -0.1) is 0 Å². The number of aliphatic carboxylic acids is 1. The van der Waals surface area contributed by atoms with Gasteiger partial charge in [0.2, 0.25) is 0 Å². The van der Waals surface area contributed by atoms with Gasteiger partial charge in [0.15, 0.2) is 0 Å². The summed E-state index contributed by atoms with van der Waals surface area (Å²) >= 11 is 0. The molecule has 2 aromatic rings. The molecule has 1 aromatic heterocycles. The summed E-state index contributed by atoms with van der Waals surface area (Å²) in [5, 5.41) is 9.90. The number of hydrogen-bond donors (Lipinski definition) is 2. The fourth-order valence-corrected chi connectivity index (χ4v) is 1.98. The summed E-state index contributed by atoms with van der Waals surface area (Å²) in [4.78, 5) is 23.3. The number of fused-ring (bicyclic) bond motifs is 1. The standard InChI is InChI=1S/C13H14N2O3/c1-8(13(17)18)15-11-5-3-2-4-9(11)6-10(7-14)12(15)16/h2-6,8H,7,14H2,1H3,(H,17,18). The number of nitrogens with zero attached hydrogens (tertiary/aromatic N) is 1. The number of carbonyl (C=O) groups is 1. The first-order valence-electron chi connectivity index (χ1n) is 5.62. The summed E-state index contributed by atoms with van der Waals surface area (Å²) in [5.41, 5.74) is 6.21. The van der Waals surface area contributed by atoms with Crippen LogP contribution in [0.1, 0.15) is 18.5 Å². The highest BCUT2D eigenvalue weighted by Gasteiger charge is 2.18. The first-order chi connectivity index (χ1) is 8.56. The minimum absolute atomic E-state index is 0.0933. The lowest BCUT2D eigenvalue weighted by Crippen LogP contribution is -2.31. The number of pyridine rings is 1. The number of aromatic nitrogens is 1. The van der Waals surface area contributed by atoms with Crippen molar-refractivity contribution in [2.75, 3.05) is 0 Å². The summed E-state index contributed by atoms with van der Waals surface area (Å²) < 4.78 is 1.28. The number of carboxylic acid groups (broad SMARTS) is 1. The number of hydrogen-bond acceptors (Lipinski definition) is 3. The quantitative estimate of drug-likeness (QED) is 0.849. The molecule has 0 spiro atoms. The van der Waals surface area contributed by atoms with E-state index in [1.807, 2.05) is 12.1 Å². The fraction of sp³-hybridized carbons (Fsp3) is 0.231. The van der Waals surface area contributed by atoms with Crippen molar-refractivity contribution in [3.8, 4) is 0 Å². The molecular weight excluding hydrogens is 232 g/mol. The molecule has 0 radical (unpaired) electrons. The highest BCUT2D eigenvalue weighted by Crippen LogP contribution is 2.17. The maximum absolute atomic E-state index is 12.2. The van der Waals surface area contributed by atoms with E-state index in [4.69, 9.17) is 10.8 Å². The Kier molecular flexibility index (Phi) is 3.16. The molecule has 5 nitrogen and oxygen atoms in total. The molecule has 0 amide bonds. The highest BCUT2D eigenvalue weighted by molar-refractivity contribution is 5.82. The molecule has 94 valence electrons. The summed E-state index contributed by atoms with van der Waals surface area (Å²) in [6, 6.07) is 7.96. The molecule has 18 heavy (non-hydrogen) atoms. The molecule has 0 bridgehead atoms. The SMILES string of the molecule is CC(C(=O)O)n1c(=O)c(CN)cc2ccccc21. The van der Waals surface area contributed by atoms with Crippen molar-refractivity contribution in [3.63, 3.8) is 0 Å². The van der Waals surface area contributed by atoms with Crippen LogP contribution in [0.5, 0.6) is 0 Å². The minimum atomic E-state index is -1.04. The van der Waals surface area contributed by atoms with Gasteiger partial charge < -0.3 is 10.8 Å². The van der Waals surface area contributed by atoms with Crippen LogP contribution in [-0.2, 0) is 11.3 Å². The Morgan fingerprint density at radius 3 is 2.72 bits per heavy atom. The van der Waals surface area contributed by atoms with Gasteiger partial charge in [-0.3, -0.25) is 9.36 Å². The lowest BCUT2D eigenvalue weighted by atomic mass is 10.1. The van der Waals surface area contributed by atoms with Crippen LogP contribution >= 0.6 is 0 Å². The van der Waals surface area contributed by atoms with E-state index in [0.29, 0.717) is 11.1 Å². The molecular formula is C13H14N2O3. The zero-order valence-corrected chi connectivity index (χ0v) is 9.96. The average molecular weight is 246 g/mol. The molecule has 0 aliphatic rings. The molecule has 0 saturated carbocycles. The molecule has 1 aromatic carbocycles. The molecule has 2 rings (SSSR count). The van der Waals surface area contributed by atoms with E-state index >= 15 is 0 Å². The predicted octanol–water partition coefficient (Wildman–Crippen LogP) is 1.11. The number of rotatable bonds is 3. The number of carboxylic acids is 1. The van der Waals surface area contributed by atoms with E-state index in [-0.39, 0.29) is 12.1 Å². The molecule has 3 N–H and O–H groups in total. The van der Waals surface area contributed by atoms with Crippen LogP contribution in [-0.4, -0.2) is 15.6 Å². The van der Waals surface area contributed by atoms with Gasteiger partial charge in [0.25, 0.3) is 5.56 Å². The normalized spacial score (nSPS) is 12.6. The maximum Gasteiger partial charge on any atom is 0.326 e. The van der Waals surface area contributed by atoms with Crippen molar-refractivity contribution >= 4 is 16.9 Å². The van der Waals surface area contributed by atoms with Crippen LogP contribution in [0.2, 0.25) is 0 Å². The molecule has 0 saturated heterocycles. The van der Waals surface area contributed by atoms with Gasteiger partial charge in [0, 0.05) is 12.1 Å². The van der Waals surface area contributed by atoms with E-state index < -0.39 is 12.0 Å². The van der Waals surface area contributed by atoms with E-state index in [9.17, 15) is 9.59 Å². The molecule has 1 atom stereocenters. The maximum atomic E-state index is 12.2. The van der Waals surface area contributed by atoms with Gasteiger partial charge in [-0.25, -0.2) is 4.79 Å². The monoisotopic (exact) mass is 246 g/mol. The van der Waals surface area contributed by atoms with E-state index in [1.54, 1.807) is 18.2 Å². The molecule has 0 aliphatic carbocycles. The lowest BCUT2D eigenvalue weighted by molar-refractivity contribution is -0.140. The van der Waals surface area contributed by atoms with Crippen molar-refractivity contribution in [2.24, 2.45) is 5.73 Å². The van der Waals surface area contributed by atoms with Gasteiger partial charge in [-0.05, 0) is 24.4 Å². The first-order valence-corrected chi connectivity index (χ1v) is 5.62. The third-order valence-corrected chi connectivity index (χ3v) is 2.98. The third-order valence-electron chi connectivity index (χ3n) is 2.98. The first kappa shape index (κ1) is 12.3. The second-order valence-electron chi connectivity index (χ2n) is 4.12. The largest absolute Gasteiger partial charge is 0.480 e. The van der Waals surface area contributed by atoms with Crippen LogP contribution in [0.4, 0.5) is 0 Å². The topological polar surface area (TPSA) is 85.3 Å². The van der Waals surface area contributed by atoms with Crippen molar-refractivity contribution in [3.05, 3.63) is 46.2 Å². The van der Waals surface area contributed by atoms with Gasteiger partial charge in [-0.2, -0.15) is 0 Å². The minimum Gasteiger partial charge on any atom is -0.480 e. The van der Waals surface area contributed by atoms with Crippen LogP contribution in [0, 0.1) is 0 Å². The van der Waals surface area contributed by atoms with Crippen molar-refractivity contribution in [1.29, 1.82) is 0 Å². The van der Waals surface area contributed by atoms with E-state index in [1.165, 1.54) is 11.5 Å². The Morgan fingerprint density at radius 1 is 1.44 bits per heavy atom. The van der Waals surface area contributed by atoms with Crippen LogP contribution in [0.25, 0.3) is 10.9 Å². The average Bonchev–Trinajstić information content (AvgIpc) is 2.37. The Bertz CT molecular complexity index is 661. The van der Waals surface area contributed by atoms with Crippen LogP contribution < -0.4 is 11.3 Å². The molecule has 0 aliphatic heterocycles. The molecule has 1 heterocycles. The Labute approximate surface area is 103 Å². The second kappa shape index (κ2) is 4.62. The van der Waals surface area contributed by atoms with Crippen LogP contribution in [0.3, 0.4) is 0 Å². The number of benzene rings is 1. The van der Waals surface area contributed by atoms with Crippen LogP contribution in [0.15, 0.2) is 35.1 Å². The summed E-state index contributed by atoms with van der Waals surface area (Å²) in [6.45, 7) is 1.58. The fourth-order valence-electron chi connectivity index (χ4n) is 1.98. The van der Waals surface area contributed by atoms with E-state index in [2.05, 4.69) is 0 Å². The zero-order chi connectivity index (χ0) is 13.3. The van der Waals surface area contributed by atoms with Gasteiger partial charge >= 0.3 is 5.97 Å². The molecule has 1 unspecified atom stereocenters. The Balaban J connectivity index is 2.87. The van der Waals surface area contributed by atoms with Crippen molar-refractivity contribution in [2.45, 2.75) is 19.5 Å². The van der Waals surface area contributed by atoms with Crippen molar-refractivity contribution < 1.29 is 9.90 Å². The zero-order valence-electron chi connectivity index (χ0n) is 9.96. The van der Waals surface area contributed by atoms with Gasteiger partial charge in [0.05, 0.1) is 5.52 Å². The van der Waals surface area contributed by atoms with Gasteiger partial charge in [-0.1, -0.05) is 18.2 Å². The summed E-state index contributed by atoms with van der Waals surface area (Å²) in [7, 11) is 0. The smallest absolute Gasteiger partial charge is 0.326 e. The lowest BCUT2D eigenvalue weighted by Gasteiger charge is -2.15. The second-order valence-corrected chi connectivity index (χ2v) is 4.12. The number of para-hydroxylation sites is 1. The Morgan fingerprint density at radius 2 is 2.11 bits per heavy atom. The number of nitrogens with two attached hydrogens (primary N) is 1. The molecule has 0 fully saturated rings. The third kappa shape index (κ3) is 1.89. The van der Waals surface area contributed by atoms with E-state index in [0.717, 1.165) is 5.39 Å². The van der Waals surface area contributed by atoms with Crippen molar-refractivity contribution in [1.82, 2.24) is 4.57 Å². The summed E-state index contributed by atoms with van der Waals surface area (Å²) in [6.07, 6.45) is 0. The predicted molar refractivity (Wildman–Crippen MR) is 68.4 cm³/mol.